The molecule has 0 heterocycles. The van der Waals surface area contributed by atoms with Gasteiger partial charge in [-0.1, -0.05) is 13.8 Å². The molecule has 0 radical (unpaired) electrons. The van der Waals surface area contributed by atoms with E-state index in [0.717, 1.165) is 24.9 Å². The van der Waals surface area contributed by atoms with Crippen LogP contribution in [0.4, 0.5) is 0 Å². The predicted octanol–water partition coefficient (Wildman–Crippen LogP) is 1.45. The Kier molecular flexibility index (Phi) is 3.53. The van der Waals surface area contributed by atoms with Gasteiger partial charge in [0.15, 0.2) is 0 Å². The normalized spacial score (nSPS) is 20.5. The van der Waals surface area contributed by atoms with Crippen LogP contribution < -0.4 is 5.73 Å². The summed E-state index contributed by atoms with van der Waals surface area (Å²) < 4.78 is 0. The largest absolute Gasteiger partial charge is 0.327 e. The fourth-order valence-corrected chi connectivity index (χ4v) is 1.71. The highest BCUT2D eigenvalue weighted by molar-refractivity contribution is 4.84. The van der Waals surface area contributed by atoms with E-state index in [1.807, 2.05) is 0 Å². The van der Waals surface area contributed by atoms with Gasteiger partial charge in [0.05, 0.1) is 0 Å². The molecule has 0 saturated heterocycles. The summed E-state index contributed by atoms with van der Waals surface area (Å²) in [6.45, 7) is 5.54. The maximum Gasteiger partial charge on any atom is 0.0170 e. The molecule has 0 aromatic heterocycles. The Balaban J connectivity index is 2.11. The summed E-state index contributed by atoms with van der Waals surface area (Å²) in [6.07, 6.45) is 3.91. The molecule has 72 valence electrons. The van der Waals surface area contributed by atoms with Gasteiger partial charge in [-0.05, 0) is 32.2 Å². The summed E-state index contributed by atoms with van der Waals surface area (Å²) in [5, 5.41) is 0. The minimum absolute atomic E-state index is 0.371. The molecule has 12 heavy (non-hydrogen) atoms. The van der Waals surface area contributed by atoms with Crippen LogP contribution in [0.25, 0.3) is 0 Å². The van der Waals surface area contributed by atoms with Gasteiger partial charge in [0.1, 0.15) is 0 Å². The summed E-state index contributed by atoms with van der Waals surface area (Å²) in [4.78, 5) is 2.41. The first-order valence-corrected chi connectivity index (χ1v) is 5.05. The molecule has 1 fully saturated rings. The van der Waals surface area contributed by atoms with Crippen LogP contribution in [0.15, 0.2) is 0 Å². The van der Waals surface area contributed by atoms with E-state index in [2.05, 4.69) is 25.8 Å². The SMILES string of the molecule is CC(C)C[C@@H](N)CN(C)C1CC1. The van der Waals surface area contributed by atoms with Crippen molar-refractivity contribution in [1.82, 2.24) is 4.90 Å². The van der Waals surface area contributed by atoms with E-state index >= 15 is 0 Å². The lowest BCUT2D eigenvalue weighted by molar-refractivity contribution is 0.285. The van der Waals surface area contributed by atoms with Crippen LogP contribution in [0, 0.1) is 5.92 Å². The minimum atomic E-state index is 0.371. The fourth-order valence-electron chi connectivity index (χ4n) is 1.71. The Morgan fingerprint density at radius 2 is 2.00 bits per heavy atom. The number of nitrogens with two attached hydrogens (primary N) is 1. The van der Waals surface area contributed by atoms with Crippen molar-refractivity contribution in [3.8, 4) is 0 Å². The minimum Gasteiger partial charge on any atom is -0.327 e. The number of rotatable bonds is 5. The van der Waals surface area contributed by atoms with Gasteiger partial charge < -0.3 is 10.6 Å². The lowest BCUT2D eigenvalue weighted by Gasteiger charge is -2.21. The third kappa shape index (κ3) is 3.55. The van der Waals surface area contributed by atoms with E-state index < -0.39 is 0 Å². The molecule has 0 bridgehead atoms. The molecule has 1 atom stereocenters. The van der Waals surface area contributed by atoms with Crippen LogP contribution in [0.5, 0.6) is 0 Å². The Hall–Kier alpha value is -0.0800. The van der Waals surface area contributed by atoms with Crippen LogP contribution in [-0.4, -0.2) is 30.6 Å². The third-order valence-electron chi connectivity index (χ3n) is 2.47. The van der Waals surface area contributed by atoms with Gasteiger partial charge >= 0.3 is 0 Å². The number of hydrogen-bond acceptors (Lipinski definition) is 2. The molecule has 0 aromatic rings. The van der Waals surface area contributed by atoms with Crippen molar-refractivity contribution >= 4 is 0 Å². The molecule has 0 spiro atoms. The van der Waals surface area contributed by atoms with E-state index in [1.165, 1.54) is 12.8 Å². The van der Waals surface area contributed by atoms with Crippen molar-refractivity contribution in [3.05, 3.63) is 0 Å². The average molecular weight is 170 g/mol. The second-order valence-corrected chi connectivity index (χ2v) is 4.56. The van der Waals surface area contributed by atoms with Crippen molar-refractivity contribution in [2.45, 2.75) is 45.2 Å². The fraction of sp³-hybridized carbons (Fsp3) is 1.00. The number of likely N-dealkylation sites (N-methyl/N-ethyl adjacent to an activating group) is 1. The van der Waals surface area contributed by atoms with Crippen molar-refractivity contribution in [3.63, 3.8) is 0 Å². The van der Waals surface area contributed by atoms with Gasteiger partial charge in [0.25, 0.3) is 0 Å². The molecule has 1 rings (SSSR count). The maximum atomic E-state index is 6.00. The lowest BCUT2D eigenvalue weighted by Crippen LogP contribution is -2.37. The highest BCUT2D eigenvalue weighted by Crippen LogP contribution is 2.25. The molecule has 0 unspecified atom stereocenters. The molecule has 1 saturated carbocycles. The lowest BCUT2D eigenvalue weighted by atomic mass is 10.0. The second kappa shape index (κ2) is 4.24. The van der Waals surface area contributed by atoms with Gasteiger partial charge in [0.2, 0.25) is 0 Å². The number of hydrogen-bond donors (Lipinski definition) is 1. The molecule has 2 nitrogen and oxygen atoms in total. The third-order valence-corrected chi connectivity index (χ3v) is 2.47. The van der Waals surface area contributed by atoms with E-state index in [4.69, 9.17) is 5.73 Å². The topological polar surface area (TPSA) is 29.3 Å². The highest BCUT2D eigenvalue weighted by Gasteiger charge is 2.26. The summed E-state index contributed by atoms with van der Waals surface area (Å²) in [7, 11) is 2.19. The van der Waals surface area contributed by atoms with Gasteiger partial charge in [-0.3, -0.25) is 0 Å². The summed E-state index contributed by atoms with van der Waals surface area (Å²) >= 11 is 0. The molecular formula is C10H22N2. The van der Waals surface area contributed by atoms with Gasteiger partial charge in [-0.2, -0.15) is 0 Å². The molecule has 1 aliphatic rings. The summed E-state index contributed by atoms with van der Waals surface area (Å²) in [5.74, 6) is 0.729. The molecule has 2 N–H and O–H groups in total. The van der Waals surface area contributed by atoms with E-state index in [-0.39, 0.29) is 0 Å². The zero-order valence-corrected chi connectivity index (χ0v) is 8.59. The van der Waals surface area contributed by atoms with Gasteiger partial charge in [-0.15, -0.1) is 0 Å². The Labute approximate surface area is 76.1 Å². The van der Waals surface area contributed by atoms with Gasteiger partial charge in [0, 0.05) is 18.6 Å². The first kappa shape index (κ1) is 10.0. The average Bonchev–Trinajstić information content (AvgIpc) is 2.63. The van der Waals surface area contributed by atoms with Crippen LogP contribution in [0.3, 0.4) is 0 Å². The predicted molar refractivity (Wildman–Crippen MR) is 53.1 cm³/mol. The first-order chi connectivity index (χ1) is 5.59. The van der Waals surface area contributed by atoms with Crippen LogP contribution >= 0.6 is 0 Å². The molecule has 0 aromatic carbocycles. The maximum absolute atomic E-state index is 6.00. The van der Waals surface area contributed by atoms with Crippen LogP contribution in [0.2, 0.25) is 0 Å². The Bertz CT molecular complexity index is 130. The van der Waals surface area contributed by atoms with E-state index in [0.29, 0.717) is 6.04 Å². The standard InChI is InChI=1S/C10H22N2/c1-8(2)6-9(11)7-12(3)10-4-5-10/h8-10H,4-7,11H2,1-3H3/t9-/m1/s1. The zero-order chi connectivity index (χ0) is 9.14. The Morgan fingerprint density at radius 1 is 1.42 bits per heavy atom. The monoisotopic (exact) mass is 170 g/mol. The molecule has 0 aliphatic heterocycles. The molecule has 1 aliphatic carbocycles. The van der Waals surface area contributed by atoms with Crippen molar-refractivity contribution in [1.29, 1.82) is 0 Å². The van der Waals surface area contributed by atoms with E-state index in [1.54, 1.807) is 0 Å². The highest BCUT2D eigenvalue weighted by atomic mass is 15.2. The first-order valence-electron chi connectivity index (χ1n) is 5.05. The molecule has 2 heteroatoms. The smallest absolute Gasteiger partial charge is 0.0170 e. The van der Waals surface area contributed by atoms with Crippen molar-refractivity contribution in [2.24, 2.45) is 11.7 Å². The van der Waals surface area contributed by atoms with Crippen molar-refractivity contribution < 1.29 is 0 Å². The summed E-state index contributed by atoms with van der Waals surface area (Å²) in [6, 6.07) is 1.22. The van der Waals surface area contributed by atoms with Crippen LogP contribution in [-0.2, 0) is 0 Å². The van der Waals surface area contributed by atoms with Gasteiger partial charge in [-0.25, -0.2) is 0 Å². The Morgan fingerprint density at radius 3 is 2.42 bits per heavy atom. The quantitative estimate of drug-likeness (QED) is 0.676. The van der Waals surface area contributed by atoms with Crippen LogP contribution in [0.1, 0.15) is 33.1 Å². The second-order valence-electron chi connectivity index (χ2n) is 4.56. The molecular weight excluding hydrogens is 148 g/mol. The zero-order valence-electron chi connectivity index (χ0n) is 8.59. The summed E-state index contributed by atoms with van der Waals surface area (Å²) in [5.41, 5.74) is 6.00. The molecule has 0 amide bonds. The van der Waals surface area contributed by atoms with Crippen molar-refractivity contribution in [2.75, 3.05) is 13.6 Å². The van der Waals surface area contributed by atoms with E-state index in [9.17, 15) is 0 Å². The number of nitrogens with zero attached hydrogens (tertiary/aromatic N) is 1.